The quantitative estimate of drug-likeness (QED) is 0.829. The first-order valence-corrected chi connectivity index (χ1v) is 8.39. The average Bonchev–Trinajstić information content (AvgIpc) is 2.64. The molecular weight excluding hydrogens is 242 g/mol. The van der Waals surface area contributed by atoms with Crippen molar-refractivity contribution in [1.82, 2.24) is 4.90 Å². The minimum atomic E-state index is -2.85. The topological polar surface area (TPSA) is 37.4 Å². The van der Waals surface area contributed by atoms with Gasteiger partial charge in [0.05, 0.1) is 5.75 Å². The Bertz CT molecular complexity index is 464. The smallest absolute Gasteiger partial charge is 0.148 e. The Morgan fingerprint density at radius 1 is 1.56 bits per heavy atom. The van der Waals surface area contributed by atoms with Crippen LogP contribution in [0.4, 0.5) is 0 Å². The molecule has 0 aliphatic carbocycles. The van der Waals surface area contributed by atoms with E-state index in [9.17, 15) is 8.42 Å². The second-order valence-corrected chi connectivity index (χ2v) is 7.65. The fourth-order valence-electron chi connectivity index (χ4n) is 2.15. The highest BCUT2D eigenvalue weighted by molar-refractivity contribution is 7.90. The highest BCUT2D eigenvalue weighted by Gasteiger charge is 2.24. The summed E-state index contributed by atoms with van der Waals surface area (Å²) < 4.78 is 22.3. The van der Waals surface area contributed by atoms with E-state index in [0.717, 1.165) is 13.0 Å². The summed E-state index contributed by atoms with van der Waals surface area (Å²) in [6.07, 6.45) is 2.36. The molecular formula is C11H17NO2S2. The summed E-state index contributed by atoms with van der Waals surface area (Å²) in [5.74, 6) is 0.261. The summed E-state index contributed by atoms with van der Waals surface area (Å²) in [5, 5.41) is 2.13. The van der Waals surface area contributed by atoms with Crippen molar-refractivity contribution < 1.29 is 8.42 Å². The summed E-state index contributed by atoms with van der Waals surface area (Å²) in [6.45, 7) is 3.78. The number of rotatable bonds is 3. The lowest BCUT2D eigenvalue weighted by Gasteiger charge is -2.33. The van der Waals surface area contributed by atoms with Gasteiger partial charge >= 0.3 is 0 Å². The Balaban J connectivity index is 2.05. The normalized spacial score (nSPS) is 22.0. The minimum Gasteiger partial charge on any atom is -0.295 e. The summed E-state index contributed by atoms with van der Waals surface area (Å²) >= 11 is 1.81. The van der Waals surface area contributed by atoms with Crippen LogP contribution in [-0.2, 0) is 16.3 Å². The monoisotopic (exact) mass is 259 g/mol. The number of hydrogen-bond donors (Lipinski definition) is 0. The molecule has 0 unspecified atom stereocenters. The number of fused-ring (bicyclic) bond motifs is 1. The zero-order valence-corrected chi connectivity index (χ0v) is 11.3. The fraction of sp³-hybridized carbons (Fsp3) is 0.636. The van der Waals surface area contributed by atoms with E-state index in [1.807, 2.05) is 11.3 Å². The molecule has 0 amide bonds. The lowest BCUT2D eigenvalue weighted by atomic mass is 10.0. The van der Waals surface area contributed by atoms with Gasteiger partial charge in [0.2, 0.25) is 0 Å². The molecule has 0 fully saturated rings. The van der Waals surface area contributed by atoms with E-state index < -0.39 is 9.84 Å². The number of thiophene rings is 1. The van der Waals surface area contributed by atoms with Gasteiger partial charge in [-0.1, -0.05) is 0 Å². The lowest BCUT2D eigenvalue weighted by molar-refractivity contribution is 0.212. The van der Waals surface area contributed by atoms with Crippen molar-refractivity contribution in [3.8, 4) is 0 Å². The first-order valence-electron chi connectivity index (χ1n) is 5.45. The van der Waals surface area contributed by atoms with Crippen molar-refractivity contribution in [3.05, 3.63) is 21.9 Å². The largest absolute Gasteiger partial charge is 0.295 e. The van der Waals surface area contributed by atoms with Crippen LogP contribution in [0.1, 0.15) is 23.4 Å². The molecule has 16 heavy (non-hydrogen) atoms. The average molecular weight is 259 g/mol. The van der Waals surface area contributed by atoms with Crippen LogP contribution >= 0.6 is 11.3 Å². The molecule has 0 bridgehead atoms. The van der Waals surface area contributed by atoms with Crippen molar-refractivity contribution in [1.29, 1.82) is 0 Å². The van der Waals surface area contributed by atoms with E-state index in [1.165, 1.54) is 16.7 Å². The van der Waals surface area contributed by atoms with Crippen LogP contribution in [0.15, 0.2) is 11.4 Å². The molecule has 2 rings (SSSR count). The molecule has 0 aromatic carbocycles. The standard InChI is InChI=1S/C11H17NO2S2/c1-9-10-4-7-15-11(10)3-5-12(9)6-8-16(2,13)14/h4,7,9H,3,5-6,8H2,1-2H3/t9-/m0/s1. The fourth-order valence-corrected chi connectivity index (χ4v) is 3.68. The van der Waals surface area contributed by atoms with Gasteiger partial charge in [-0.15, -0.1) is 11.3 Å². The molecule has 1 aromatic heterocycles. The van der Waals surface area contributed by atoms with E-state index in [-0.39, 0.29) is 5.75 Å². The van der Waals surface area contributed by atoms with Crippen LogP contribution in [0, 0.1) is 0 Å². The van der Waals surface area contributed by atoms with Gasteiger partial charge in [-0.25, -0.2) is 8.42 Å². The highest BCUT2D eigenvalue weighted by atomic mass is 32.2. The van der Waals surface area contributed by atoms with Crippen molar-refractivity contribution in [2.24, 2.45) is 0 Å². The maximum absolute atomic E-state index is 11.2. The molecule has 0 spiro atoms. The Labute approximate surface area is 101 Å². The third kappa shape index (κ3) is 2.64. The second kappa shape index (κ2) is 4.47. The minimum absolute atomic E-state index is 0.261. The predicted molar refractivity (Wildman–Crippen MR) is 67.7 cm³/mol. The Hall–Kier alpha value is -0.390. The van der Waals surface area contributed by atoms with Gasteiger partial charge in [-0.2, -0.15) is 0 Å². The van der Waals surface area contributed by atoms with E-state index >= 15 is 0 Å². The van der Waals surface area contributed by atoms with Gasteiger partial charge in [0, 0.05) is 30.3 Å². The Morgan fingerprint density at radius 3 is 3.00 bits per heavy atom. The summed E-state index contributed by atoms with van der Waals surface area (Å²) in [4.78, 5) is 3.72. The van der Waals surface area contributed by atoms with Crippen LogP contribution in [0.5, 0.6) is 0 Å². The van der Waals surface area contributed by atoms with Gasteiger partial charge in [0.15, 0.2) is 0 Å². The number of nitrogens with zero attached hydrogens (tertiary/aromatic N) is 1. The highest BCUT2D eigenvalue weighted by Crippen LogP contribution is 2.32. The molecule has 5 heteroatoms. The van der Waals surface area contributed by atoms with Crippen LogP contribution in [-0.4, -0.2) is 38.4 Å². The zero-order chi connectivity index (χ0) is 11.8. The summed E-state index contributed by atoms with van der Waals surface area (Å²) in [5.41, 5.74) is 1.38. The molecule has 90 valence electrons. The molecule has 0 N–H and O–H groups in total. The van der Waals surface area contributed by atoms with Crippen LogP contribution in [0.25, 0.3) is 0 Å². The van der Waals surface area contributed by atoms with Crippen LogP contribution in [0.2, 0.25) is 0 Å². The molecule has 1 atom stereocenters. The van der Waals surface area contributed by atoms with Crippen molar-refractivity contribution in [2.45, 2.75) is 19.4 Å². The first-order chi connectivity index (χ1) is 7.47. The SMILES string of the molecule is C[C@H]1c2ccsc2CCN1CCS(C)(=O)=O. The number of sulfone groups is 1. The summed E-state index contributed by atoms with van der Waals surface area (Å²) in [6, 6.07) is 2.52. The predicted octanol–water partition coefficient (Wildman–Crippen LogP) is 1.71. The van der Waals surface area contributed by atoms with E-state index in [2.05, 4.69) is 23.3 Å². The zero-order valence-electron chi connectivity index (χ0n) is 9.64. The molecule has 1 aliphatic rings. The lowest BCUT2D eigenvalue weighted by Crippen LogP contribution is -2.36. The van der Waals surface area contributed by atoms with Gasteiger partial charge in [-0.3, -0.25) is 4.90 Å². The molecule has 2 heterocycles. The third-order valence-corrected chi connectivity index (χ3v) is 5.07. The van der Waals surface area contributed by atoms with Gasteiger partial charge in [0.1, 0.15) is 9.84 Å². The Morgan fingerprint density at radius 2 is 2.31 bits per heavy atom. The van der Waals surface area contributed by atoms with E-state index in [1.54, 1.807) is 0 Å². The number of hydrogen-bond acceptors (Lipinski definition) is 4. The Kier molecular flexibility index (Phi) is 3.37. The molecule has 0 saturated heterocycles. The van der Waals surface area contributed by atoms with E-state index in [4.69, 9.17) is 0 Å². The van der Waals surface area contributed by atoms with E-state index in [0.29, 0.717) is 12.6 Å². The molecule has 0 radical (unpaired) electrons. The van der Waals surface area contributed by atoms with Crippen molar-refractivity contribution >= 4 is 21.2 Å². The second-order valence-electron chi connectivity index (χ2n) is 4.39. The van der Waals surface area contributed by atoms with Crippen molar-refractivity contribution in [2.75, 3.05) is 25.1 Å². The van der Waals surface area contributed by atoms with Crippen LogP contribution < -0.4 is 0 Å². The maximum atomic E-state index is 11.2. The first kappa shape index (κ1) is 12.1. The van der Waals surface area contributed by atoms with Gasteiger partial charge in [0.25, 0.3) is 0 Å². The van der Waals surface area contributed by atoms with Crippen LogP contribution in [0.3, 0.4) is 0 Å². The van der Waals surface area contributed by atoms with Crippen molar-refractivity contribution in [3.63, 3.8) is 0 Å². The molecule has 1 aliphatic heterocycles. The maximum Gasteiger partial charge on any atom is 0.148 e. The molecule has 0 saturated carbocycles. The third-order valence-electron chi connectivity index (χ3n) is 3.15. The molecule has 1 aromatic rings. The van der Waals surface area contributed by atoms with Gasteiger partial charge in [-0.05, 0) is 30.4 Å². The molecule has 3 nitrogen and oxygen atoms in total. The summed E-state index contributed by atoms with van der Waals surface area (Å²) in [7, 11) is -2.85. The van der Waals surface area contributed by atoms with Gasteiger partial charge < -0.3 is 0 Å².